The third-order valence-corrected chi connectivity index (χ3v) is 5.90. The zero-order valence-corrected chi connectivity index (χ0v) is 22.8. The SMILES string of the molecule is O=C(O)c1ccccc1C(=O)c1ccc(O)c(N=NC2C(=O)N(c3ccccc3)N=C2c2ccccc2)c1.[Na]. The van der Waals surface area contributed by atoms with E-state index in [9.17, 15) is 24.6 Å². The van der Waals surface area contributed by atoms with Crippen LogP contribution in [0.25, 0.3) is 0 Å². The summed E-state index contributed by atoms with van der Waals surface area (Å²) in [4.78, 5) is 38.0. The number of nitrogens with zero attached hydrogens (tertiary/aromatic N) is 4. The Morgan fingerprint density at radius 2 is 1.44 bits per heavy atom. The van der Waals surface area contributed by atoms with Gasteiger partial charge < -0.3 is 10.2 Å². The van der Waals surface area contributed by atoms with Gasteiger partial charge in [-0.1, -0.05) is 66.7 Å². The van der Waals surface area contributed by atoms with Crippen molar-refractivity contribution < 1.29 is 24.6 Å². The Hall–Kier alpha value is -4.44. The van der Waals surface area contributed by atoms with Crippen LogP contribution in [-0.2, 0) is 4.79 Å². The van der Waals surface area contributed by atoms with Gasteiger partial charge in [-0.15, -0.1) is 0 Å². The van der Waals surface area contributed by atoms with E-state index in [1.807, 2.05) is 24.3 Å². The molecule has 10 heteroatoms. The number of phenolic OH excluding ortho intramolecular Hbond substituents is 1. The topological polar surface area (TPSA) is 132 Å². The van der Waals surface area contributed by atoms with Crippen molar-refractivity contribution in [2.75, 3.05) is 5.01 Å². The second kappa shape index (κ2) is 12.0. The monoisotopic (exact) mass is 527 g/mol. The summed E-state index contributed by atoms with van der Waals surface area (Å²) in [5.74, 6) is -2.48. The summed E-state index contributed by atoms with van der Waals surface area (Å²) in [5, 5.41) is 33.9. The zero-order valence-electron chi connectivity index (χ0n) is 20.8. The van der Waals surface area contributed by atoms with Gasteiger partial charge in [0.2, 0.25) is 0 Å². The quantitative estimate of drug-likeness (QED) is 0.202. The van der Waals surface area contributed by atoms with Gasteiger partial charge in [0.1, 0.15) is 17.1 Å². The number of amides is 1. The number of carbonyl (C=O) groups excluding carboxylic acids is 2. The van der Waals surface area contributed by atoms with Crippen LogP contribution >= 0.6 is 0 Å². The Labute approximate surface area is 245 Å². The average molecular weight is 527 g/mol. The van der Waals surface area contributed by atoms with Crippen LogP contribution in [0.3, 0.4) is 0 Å². The third-order valence-electron chi connectivity index (χ3n) is 5.90. The van der Waals surface area contributed by atoms with E-state index in [-0.39, 0.29) is 57.7 Å². The molecule has 39 heavy (non-hydrogen) atoms. The van der Waals surface area contributed by atoms with Crippen LogP contribution in [0.1, 0.15) is 31.8 Å². The van der Waals surface area contributed by atoms with Crippen LogP contribution < -0.4 is 5.01 Å². The second-order valence-electron chi connectivity index (χ2n) is 8.34. The number of rotatable bonds is 7. The van der Waals surface area contributed by atoms with Crippen LogP contribution in [0.15, 0.2) is 118 Å². The number of benzene rings is 4. The number of hydrazone groups is 1. The van der Waals surface area contributed by atoms with Crippen molar-refractivity contribution in [1.29, 1.82) is 0 Å². The molecule has 0 spiro atoms. The number of anilines is 1. The van der Waals surface area contributed by atoms with Gasteiger partial charge in [-0.2, -0.15) is 20.3 Å². The molecule has 187 valence electrons. The molecule has 0 saturated carbocycles. The molecular formula is C29H20N4NaO5. The van der Waals surface area contributed by atoms with E-state index in [4.69, 9.17) is 0 Å². The first-order valence-electron chi connectivity index (χ1n) is 11.6. The van der Waals surface area contributed by atoms with Gasteiger partial charge in [0, 0.05) is 46.2 Å². The first-order valence-corrected chi connectivity index (χ1v) is 11.6. The summed E-state index contributed by atoms with van der Waals surface area (Å²) >= 11 is 0. The molecule has 4 aromatic rings. The van der Waals surface area contributed by atoms with Crippen molar-refractivity contribution in [2.45, 2.75) is 6.04 Å². The number of phenols is 1. The van der Waals surface area contributed by atoms with Crippen LogP contribution in [0.5, 0.6) is 5.75 Å². The molecule has 0 saturated heterocycles. The van der Waals surface area contributed by atoms with Gasteiger partial charge in [0.05, 0.1) is 11.3 Å². The molecule has 4 aromatic carbocycles. The smallest absolute Gasteiger partial charge is 0.336 e. The number of azo groups is 1. The molecule has 0 aliphatic carbocycles. The first kappa shape index (κ1) is 27.6. The summed E-state index contributed by atoms with van der Waals surface area (Å²) in [5.41, 5.74) is 1.53. The minimum atomic E-state index is -1.23. The van der Waals surface area contributed by atoms with Gasteiger partial charge in [-0.25, -0.2) is 4.79 Å². The van der Waals surface area contributed by atoms with Crippen molar-refractivity contribution in [2.24, 2.45) is 15.3 Å². The molecule has 1 aliphatic heterocycles. The Bertz CT molecular complexity index is 1610. The number of aromatic hydroxyl groups is 1. The van der Waals surface area contributed by atoms with Gasteiger partial charge in [-0.05, 0) is 36.4 Å². The molecule has 2 N–H and O–H groups in total. The van der Waals surface area contributed by atoms with Crippen molar-refractivity contribution in [3.05, 3.63) is 125 Å². The van der Waals surface area contributed by atoms with Crippen molar-refractivity contribution >= 4 is 64.3 Å². The van der Waals surface area contributed by atoms with Gasteiger partial charge >= 0.3 is 5.97 Å². The molecule has 9 nitrogen and oxygen atoms in total. The molecule has 1 atom stereocenters. The largest absolute Gasteiger partial charge is 0.506 e. The Morgan fingerprint density at radius 3 is 2.10 bits per heavy atom. The normalized spacial score (nSPS) is 14.7. The Balaban J connectivity index is 0.00000353. The van der Waals surface area contributed by atoms with E-state index in [1.54, 1.807) is 42.5 Å². The van der Waals surface area contributed by atoms with Crippen LogP contribution in [0.4, 0.5) is 11.4 Å². The second-order valence-corrected chi connectivity index (χ2v) is 8.34. The number of carboxylic acid groups (broad SMARTS) is 1. The average Bonchev–Trinajstić information content (AvgIpc) is 3.29. The molecule has 0 aromatic heterocycles. The minimum Gasteiger partial charge on any atom is -0.506 e. The van der Waals surface area contributed by atoms with Crippen molar-refractivity contribution in [3.63, 3.8) is 0 Å². The summed E-state index contributed by atoms with van der Waals surface area (Å²) in [6.07, 6.45) is 0. The van der Waals surface area contributed by atoms with E-state index in [2.05, 4.69) is 15.3 Å². The summed E-state index contributed by atoms with van der Waals surface area (Å²) in [6.45, 7) is 0. The van der Waals surface area contributed by atoms with Gasteiger partial charge in [0.25, 0.3) is 5.91 Å². The first-order chi connectivity index (χ1) is 18.4. The molecule has 1 heterocycles. The van der Waals surface area contributed by atoms with E-state index in [0.717, 1.165) is 0 Å². The van der Waals surface area contributed by atoms with E-state index >= 15 is 0 Å². The number of carboxylic acids is 1. The number of hydrogen-bond acceptors (Lipinski definition) is 7. The van der Waals surface area contributed by atoms with Crippen LogP contribution in [0.2, 0.25) is 0 Å². The third kappa shape index (κ3) is 5.70. The zero-order chi connectivity index (χ0) is 26.6. The fourth-order valence-electron chi connectivity index (χ4n) is 4.02. The van der Waals surface area contributed by atoms with Gasteiger partial charge in [0.15, 0.2) is 11.8 Å². The molecule has 0 bridgehead atoms. The number of ketones is 1. The van der Waals surface area contributed by atoms with E-state index in [0.29, 0.717) is 17.0 Å². The minimum absolute atomic E-state index is 0. The number of hydrogen-bond donors (Lipinski definition) is 2. The number of aromatic carboxylic acids is 1. The maximum Gasteiger partial charge on any atom is 0.336 e. The van der Waals surface area contributed by atoms with E-state index < -0.39 is 23.7 Å². The van der Waals surface area contributed by atoms with Gasteiger partial charge in [-0.3, -0.25) is 9.59 Å². The van der Waals surface area contributed by atoms with Crippen LogP contribution in [-0.4, -0.2) is 69.2 Å². The molecule has 0 fully saturated rings. The standard InChI is InChI=1S/C29H20N4O5.Na/c34-24-16-15-19(27(35)21-13-7-8-14-22(21)29(37)38)17-23(24)30-31-26-25(18-9-3-1-4-10-18)32-33(28(26)36)20-11-5-2-6-12-20;/h1-17,26,34H,(H,37,38);. The predicted molar refractivity (Wildman–Crippen MR) is 146 cm³/mol. The molecular weight excluding hydrogens is 507 g/mol. The fourth-order valence-corrected chi connectivity index (χ4v) is 4.02. The molecule has 1 amide bonds. The Kier molecular flexibility index (Phi) is 8.46. The molecule has 1 unspecified atom stereocenters. The molecule has 1 aliphatic rings. The predicted octanol–water partition coefficient (Wildman–Crippen LogP) is 4.84. The maximum atomic E-state index is 13.3. The van der Waals surface area contributed by atoms with Crippen molar-refractivity contribution in [3.8, 4) is 5.75 Å². The number of carbonyl (C=O) groups is 3. The van der Waals surface area contributed by atoms with E-state index in [1.165, 1.54) is 41.4 Å². The molecule has 1 radical (unpaired) electrons. The summed E-state index contributed by atoms with van der Waals surface area (Å²) in [6, 6.07) is 26.7. The van der Waals surface area contributed by atoms with Crippen LogP contribution in [0, 0.1) is 0 Å². The summed E-state index contributed by atoms with van der Waals surface area (Å²) in [7, 11) is 0. The van der Waals surface area contributed by atoms with Crippen molar-refractivity contribution in [1.82, 2.24) is 0 Å². The molecule has 5 rings (SSSR count). The maximum absolute atomic E-state index is 13.3. The Morgan fingerprint density at radius 1 is 0.821 bits per heavy atom. The fraction of sp³-hybridized carbons (Fsp3) is 0.0345. The number of para-hydroxylation sites is 1. The summed E-state index contributed by atoms with van der Waals surface area (Å²) < 4.78 is 0.